The molecule has 2 nitrogen and oxygen atoms in total. The van der Waals surface area contributed by atoms with Crippen LogP contribution in [0, 0.1) is 0 Å². The maximum absolute atomic E-state index is 12.6. The number of carbonyl (C=O) groups excluding carboxylic acids is 1. The molecule has 104 valence electrons. The number of carbonyl (C=O) groups is 1. The van der Waals surface area contributed by atoms with Gasteiger partial charge in [-0.3, -0.25) is 4.79 Å². The lowest BCUT2D eigenvalue weighted by molar-refractivity contribution is 0.103. The molecule has 0 unspecified atom stereocenters. The van der Waals surface area contributed by atoms with Gasteiger partial charge in [0.2, 0.25) is 0 Å². The molecule has 3 aromatic rings. The van der Waals surface area contributed by atoms with E-state index in [-0.39, 0.29) is 5.78 Å². The average molecular weight is 405 g/mol. The molecule has 0 saturated heterocycles. The van der Waals surface area contributed by atoms with E-state index < -0.39 is 0 Å². The molecule has 0 amide bonds. The lowest BCUT2D eigenvalue weighted by atomic mass is 10.00. The van der Waals surface area contributed by atoms with Crippen molar-refractivity contribution in [2.45, 2.75) is 0 Å². The lowest BCUT2D eigenvalue weighted by Gasteiger charge is -2.06. The molecule has 0 aromatic heterocycles. The lowest BCUT2D eigenvalue weighted by Crippen LogP contribution is -2.03. The molecule has 0 heterocycles. The highest BCUT2D eigenvalue weighted by Gasteiger charge is 2.13. The topological polar surface area (TPSA) is 43.1 Å². The number of rotatable bonds is 2. The second-order valence-corrected chi connectivity index (χ2v) is 6.54. The van der Waals surface area contributed by atoms with Gasteiger partial charge in [0.1, 0.15) is 0 Å². The summed E-state index contributed by atoms with van der Waals surface area (Å²) in [6, 6.07) is 16.9. The van der Waals surface area contributed by atoms with Gasteiger partial charge in [-0.15, -0.1) is 0 Å². The van der Waals surface area contributed by atoms with Crippen LogP contribution in [0.3, 0.4) is 0 Å². The Morgan fingerprint density at radius 3 is 2.33 bits per heavy atom. The largest absolute Gasteiger partial charge is 0.399 e. The molecule has 0 aliphatic carbocycles. The van der Waals surface area contributed by atoms with E-state index in [1.807, 2.05) is 36.4 Å². The third-order valence-corrected chi connectivity index (χ3v) is 4.45. The smallest absolute Gasteiger partial charge is 0.194 e. The number of hydrogen-bond acceptors (Lipinski definition) is 2. The van der Waals surface area contributed by atoms with Gasteiger partial charge < -0.3 is 5.73 Å². The van der Waals surface area contributed by atoms with E-state index in [1.54, 1.807) is 18.2 Å². The molecule has 0 atom stereocenters. The van der Waals surface area contributed by atoms with Crippen molar-refractivity contribution in [3.63, 3.8) is 0 Å². The fourth-order valence-corrected chi connectivity index (χ4v) is 3.18. The molecule has 3 aromatic carbocycles. The van der Waals surface area contributed by atoms with Gasteiger partial charge in [-0.2, -0.15) is 0 Å². The zero-order chi connectivity index (χ0) is 15.0. The Bertz CT molecular complexity index is 859. The molecule has 4 heteroatoms. The first-order valence-electron chi connectivity index (χ1n) is 6.33. The first-order chi connectivity index (χ1) is 10.0. The van der Waals surface area contributed by atoms with E-state index in [9.17, 15) is 4.79 Å². The number of anilines is 1. The van der Waals surface area contributed by atoms with E-state index in [1.165, 1.54) is 0 Å². The Hall–Kier alpha value is -1.65. The van der Waals surface area contributed by atoms with Gasteiger partial charge in [-0.1, -0.05) is 34.1 Å². The summed E-state index contributed by atoms with van der Waals surface area (Å²) >= 11 is 6.85. The highest BCUT2D eigenvalue weighted by molar-refractivity contribution is 9.10. The van der Waals surface area contributed by atoms with Gasteiger partial charge in [0.05, 0.1) is 0 Å². The van der Waals surface area contributed by atoms with Crippen molar-refractivity contribution in [3.8, 4) is 0 Å². The summed E-state index contributed by atoms with van der Waals surface area (Å²) in [4.78, 5) is 12.6. The number of ketones is 1. The van der Waals surface area contributed by atoms with Gasteiger partial charge >= 0.3 is 0 Å². The highest BCUT2D eigenvalue weighted by atomic mass is 79.9. The molecule has 0 saturated carbocycles. The van der Waals surface area contributed by atoms with Crippen molar-refractivity contribution in [2.75, 3.05) is 5.73 Å². The minimum Gasteiger partial charge on any atom is -0.399 e. The fourth-order valence-electron chi connectivity index (χ4n) is 2.23. The minimum absolute atomic E-state index is 0.0216. The maximum atomic E-state index is 12.6. The molecule has 3 rings (SSSR count). The zero-order valence-electron chi connectivity index (χ0n) is 10.9. The first-order valence-corrected chi connectivity index (χ1v) is 7.92. The van der Waals surface area contributed by atoms with Crippen molar-refractivity contribution in [2.24, 2.45) is 0 Å². The predicted octanol–water partition coefficient (Wildman–Crippen LogP) is 5.18. The summed E-state index contributed by atoms with van der Waals surface area (Å²) in [5.41, 5.74) is 7.61. The van der Waals surface area contributed by atoms with Crippen LogP contribution in [0.5, 0.6) is 0 Å². The Labute approximate surface area is 139 Å². The van der Waals surface area contributed by atoms with Gasteiger partial charge in [-0.25, -0.2) is 0 Å². The summed E-state index contributed by atoms with van der Waals surface area (Å²) in [5.74, 6) is -0.0216. The molecule has 0 fully saturated rings. The molecule has 0 aliphatic rings. The summed E-state index contributed by atoms with van der Waals surface area (Å²) in [5, 5.41) is 2.13. The van der Waals surface area contributed by atoms with Crippen molar-refractivity contribution < 1.29 is 4.79 Å². The van der Waals surface area contributed by atoms with Crippen molar-refractivity contribution in [1.82, 2.24) is 0 Å². The molecule has 0 aliphatic heterocycles. The molecule has 2 N–H and O–H groups in total. The standard InChI is InChI=1S/C17H11Br2NO/c18-13-4-3-10-7-12(2-1-11(10)8-13)17(21)15-6-5-14(20)9-16(15)19/h1-9H,20H2. The van der Waals surface area contributed by atoms with Gasteiger partial charge in [0.15, 0.2) is 5.78 Å². The molecular formula is C17H11Br2NO. The quantitative estimate of drug-likeness (QED) is 0.472. The third kappa shape index (κ3) is 2.87. The third-order valence-electron chi connectivity index (χ3n) is 3.30. The van der Waals surface area contributed by atoms with Crippen LogP contribution < -0.4 is 5.73 Å². The second kappa shape index (κ2) is 5.62. The van der Waals surface area contributed by atoms with E-state index in [4.69, 9.17) is 5.73 Å². The van der Waals surface area contributed by atoms with Crippen LogP contribution in [0.2, 0.25) is 0 Å². The van der Waals surface area contributed by atoms with Crippen molar-refractivity contribution in [3.05, 3.63) is 74.7 Å². The van der Waals surface area contributed by atoms with Crippen LogP contribution in [-0.4, -0.2) is 5.78 Å². The summed E-state index contributed by atoms with van der Waals surface area (Å²) in [6.07, 6.45) is 0. The van der Waals surface area contributed by atoms with Crippen LogP contribution in [-0.2, 0) is 0 Å². The van der Waals surface area contributed by atoms with E-state index in [0.29, 0.717) is 21.3 Å². The first kappa shape index (κ1) is 14.3. The van der Waals surface area contributed by atoms with E-state index in [0.717, 1.165) is 15.2 Å². The normalized spacial score (nSPS) is 10.8. The van der Waals surface area contributed by atoms with Crippen molar-refractivity contribution in [1.29, 1.82) is 0 Å². The van der Waals surface area contributed by atoms with Crippen LogP contribution in [0.1, 0.15) is 15.9 Å². The van der Waals surface area contributed by atoms with Gasteiger partial charge in [0, 0.05) is 25.8 Å². The number of halogens is 2. The Balaban J connectivity index is 2.07. The Kier molecular flexibility index (Phi) is 3.83. The minimum atomic E-state index is -0.0216. The summed E-state index contributed by atoms with van der Waals surface area (Å²) in [7, 11) is 0. The Morgan fingerprint density at radius 1 is 0.857 bits per heavy atom. The van der Waals surface area contributed by atoms with Crippen molar-refractivity contribution >= 4 is 54.1 Å². The summed E-state index contributed by atoms with van der Waals surface area (Å²) < 4.78 is 1.73. The van der Waals surface area contributed by atoms with E-state index in [2.05, 4.69) is 31.9 Å². The summed E-state index contributed by atoms with van der Waals surface area (Å²) in [6.45, 7) is 0. The fraction of sp³-hybridized carbons (Fsp3) is 0. The molecular weight excluding hydrogens is 394 g/mol. The SMILES string of the molecule is Nc1ccc(C(=O)c2ccc3cc(Br)ccc3c2)c(Br)c1. The van der Waals surface area contributed by atoms with Crippen LogP contribution in [0.15, 0.2) is 63.5 Å². The van der Waals surface area contributed by atoms with Crippen LogP contribution >= 0.6 is 31.9 Å². The Morgan fingerprint density at radius 2 is 1.57 bits per heavy atom. The predicted molar refractivity (Wildman–Crippen MR) is 93.6 cm³/mol. The second-order valence-electron chi connectivity index (χ2n) is 4.77. The highest BCUT2D eigenvalue weighted by Crippen LogP contribution is 2.25. The van der Waals surface area contributed by atoms with E-state index >= 15 is 0 Å². The van der Waals surface area contributed by atoms with Gasteiger partial charge in [-0.05, 0) is 63.1 Å². The van der Waals surface area contributed by atoms with Crippen LogP contribution in [0.4, 0.5) is 5.69 Å². The molecule has 0 radical (unpaired) electrons. The number of benzene rings is 3. The number of fused-ring (bicyclic) bond motifs is 1. The molecule has 0 bridgehead atoms. The number of nitrogen functional groups attached to an aromatic ring is 1. The number of hydrogen-bond donors (Lipinski definition) is 1. The maximum Gasteiger partial charge on any atom is 0.194 e. The monoisotopic (exact) mass is 403 g/mol. The average Bonchev–Trinajstić information content (AvgIpc) is 2.46. The number of nitrogens with two attached hydrogens (primary N) is 1. The molecule has 0 spiro atoms. The zero-order valence-corrected chi connectivity index (χ0v) is 14.1. The molecule has 21 heavy (non-hydrogen) atoms. The van der Waals surface area contributed by atoms with Gasteiger partial charge in [0.25, 0.3) is 0 Å². The van der Waals surface area contributed by atoms with Crippen LogP contribution in [0.25, 0.3) is 10.8 Å².